The van der Waals surface area contributed by atoms with Crippen molar-refractivity contribution in [3.8, 4) is 11.1 Å². The van der Waals surface area contributed by atoms with Gasteiger partial charge in [0.2, 0.25) is 0 Å². The third-order valence-electron chi connectivity index (χ3n) is 4.69. The number of thiazole rings is 1. The predicted octanol–water partition coefficient (Wildman–Crippen LogP) is 5.15. The molecule has 3 aromatic carbocycles. The van der Waals surface area contributed by atoms with Crippen LogP contribution in [0.1, 0.15) is 17.3 Å². The molecule has 146 valence electrons. The van der Waals surface area contributed by atoms with Gasteiger partial charge in [-0.05, 0) is 42.3 Å². The molecule has 1 amide bonds. The number of para-hydroxylation sites is 1. The second-order valence-electron chi connectivity index (χ2n) is 6.56. The van der Waals surface area contributed by atoms with Crippen molar-refractivity contribution in [2.75, 3.05) is 13.2 Å². The Morgan fingerprint density at radius 3 is 2.38 bits per heavy atom. The zero-order chi connectivity index (χ0) is 20.1. The summed E-state index contributed by atoms with van der Waals surface area (Å²) in [5.74, 6) is -0.235. The number of fused-ring (bicyclic) bond motifs is 1. The second kappa shape index (κ2) is 8.99. The molecule has 0 aliphatic rings. The van der Waals surface area contributed by atoms with Gasteiger partial charge in [-0.15, -0.1) is 0 Å². The number of hydrogen-bond acceptors (Lipinski definition) is 3. The first-order valence-electron chi connectivity index (χ1n) is 9.67. The highest BCUT2D eigenvalue weighted by atomic mass is 32.1. The van der Waals surface area contributed by atoms with E-state index in [4.69, 9.17) is 4.74 Å². The van der Waals surface area contributed by atoms with Gasteiger partial charge in [0.1, 0.15) is 0 Å². The Morgan fingerprint density at radius 2 is 1.62 bits per heavy atom. The Labute approximate surface area is 173 Å². The quantitative estimate of drug-likeness (QED) is 0.419. The van der Waals surface area contributed by atoms with Gasteiger partial charge in [-0.2, -0.15) is 4.99 Å². The smallest absolute Gasteiger partial charge is 0.279 e. The summed E-state index contributed by atoms with van der Waals surface area (Å²) in [4.78, 5) is 17.9. The first-order chi connectivity index (χ1) is 14.3. The highest BCUT2D eigenvalue weighted by molar-refractivity contribution is 7.16. The van der Waals surface area contributed by atoms with E-state index in [1.54, 1.807) is 0 Å². The number of carbonyl (C=O) groups excluding carboxylic acids is 1. The maximum atomic E-state index is 12.8. The molecule has 4 rings (SSSR count). The van der Waals surface area contributed by atoms with Crippen LogP contribution in [-0.2, 0) is 11.3 Å². The Balaban J connectivity index is 1.65. The minimum atomic E-state index is -0.235. The van der Waals surface area contributed by atoms with Gasteiger partial charge >= 0.3 is 0 Å². The maximum Gasteiger partial charge on any atom is 0.279 e. The summed E-state index contributed by atoms with van der Waals surface area (Å²) in [5, 5.41) is 0. The molecule has 4 aromatic rings. The number of benzene rings is 3. The van der Waals surface area contributed by atoms with Crippen molar-refractivity contribution in [1.29, 1.82) is 0 Å². The number of nitrogens with zero attached hydrogens (tertiary/aromatic N) is 2. The molecule has 0 fully saturated rings. The van der Waals surface area contributed by atoms with Crippen molar-refractivity contribution >= 4 is 27.5 Å². The summed E-state index contributed by atoms with van der Waals surface area (Å²) < 4.78 is 8.68. The lowest BCUT2D eigenvalue weighted by atomic mass is 10.0. The van der Waals surface area contributed by atoms with Gasteiger partial charge in [0.15, 0.2) is 4.80 Å². The lowest BCUT2D eigenvalue weighted by Gasteiger charge is -2.05. The normalized spacial score (nSPS) is 11.8. The van der Waals surface area contributed by atoms with E-state index < -0.39 is 0 Å². The Bertz CT molecular complexity index is 1170. The molecule has 4 nitrogen and oxygen atoms in total. The lowest BCUT2D eigenvalue weighted by Crippen LogP contribution is -2.19. The maximum absolute atomic E-state index is 12.8. The van der Waals surface area contributed by atoms with Crippen LogP contribution in [0.25, 0.3) is 21.3 Å². The Hall–Kier alpha value is -3.02. The second-order valence-corrected chi connectivity index (χ2v) is 7.57. The van der Waals surface area contributed by atoms with Crippen molar-refractivity contribution in [3.05, 3.63) is 89.2 Å². The van der Waals surface area contributed by atoms with Gasteiger partial charge in [0.25, 0.3) is 5.91 Å². The molecular formula is C24H22N2O2S. The fourth-order valence-corrected chi connectivity index (χ4v) is 4.26. The zero-order valence-electron chi connectivity index (χ0n) is 16.2. The Morgan fingerprint density at radius 1 is 0.931 bits per heavy atom. The number of aromatic nitrogens is 1. The number of carbonyl (C=O) groups is 1. The molecule has 5 heteroatoms. The van der Waals surface area contributed by atoms with Gasteiger partial charge in [0.05, 0.1) is 16.8 Å². The van der Waals surface area contributed by atoms with Crippen LogP contribution in [0.2, 0.25) is 0 Å². The van der Waals surface area contributed by atoms with E-state index in [1.165, 1.54) is 11.3 Å². The van der Waals surface area contributed by atoms with Gasteiger partial charge in [-0.25, -0.2) is 0 Å². The first-order valence-corrected chi connectivity index (χ1v) is 10.5. The van der Waals surface area contributed by atoms with Crippen LogP contribution >= 0.6 is 11.3 Å². The molecule has 1 heterocycles. The van der Waals surface area contributed by atoms with Crippen molar-refractivity contribution in [2.24, 2.45) is 4.99 Å². The standard InChI is InChI=1S/C24H22N2O2S/c1-2-28-17-16-26-21-10-6-7-11-22(21)29-24(26)25-23(27)20-14-12-19(13-15-20)18-8-4-3-5-9-18/h3-15H,2,16-17H2,1H3. The molecule has 0 saturated heterocycles. The van der Waals surface area contributed by atoms with E-state index in [1.807, 2.05) is 61.5 Å². The number of ether oxygens (including phenoxy) is 1. The number of amides is 1. The molecule has 0 radical (unpaired) electrons. The molecule has 0 aliphatic carbocycles. The average molecular weight is 403 g/mol. The topological polar surface area (TPSA) is 43.6 Å². The molecule has 0 N–H and O–H groups in total. The van der Waals surface area contributed by atoms with Crippen LogP contribution in [0.4, 0.5) is 0 Å². The van der Waals surface area contributed by atoms with Crippen LogP contribution in [0.3, 0.4) is 0 Å². The summed E-state index contributed by atoms with van der Waals surface area (Å²) in [5.41, 5.74) is 3.86. The van der Waals surface area contributed by atoms with Crippen LogP contribution < -0.4 is 4.80 Å². The minimum Gasteiger partial charge on any atom is -0.380 e. The monoisotopic (exact) mass is 402 g/mol. The van der Waals surface area contributed by atoms with Crippen LogP contribution in [-0.4, -0.2) is 23.7 Å². The van der Waals surface area contributed by atoms with E-state index in [2.05, 4.69) is 33.8 Å². The van der Waals surface area contributed by atoms with Crippen LogP contribution in [0.5, 0.6) is 0 Å². The zero-order valence-corrected chi connectivity index (χ0v) is 17.1. The molecule has 0 bridgehead atoms. The molecule has 1 aromatic heterocycles. The van der Waals surface area contributed by atoms with Gasteiger partial charge in [-0.1, -0.05) is 65.9 Å². The lowest BCUT2D eigenvalue weighted by molar-refractivity contribution is 0.0996. The summed E-state index contributed by atoms with van der Waals surface area (Å²) in [6.45, 7) is 3.90. The van der Waals surface area contributed by atoms with Gasteiger partial charge < -0.3 is 9.30 Å². The summed E-state index contributed by atoms with van der Waals surface area (Å²) in [6.07, 6.45) is 0. The van der Waals surface area contributed by atoms with Crippen molar-refractivity contribution in [3.63, 3.8) is 0 Å². The molecule has 0 saturated carbocycles. The van der Waals surface area contributed by atoms with Crippen LogP contribution in [0, 0.1) is 0 Å². The first kappa shape index (κ1) is 19.3. The molecule has 0 spiro atoms. The van der Waals surface area contributed by atoms with Crippen molar-refractivity contribution in [2.45, 2.75) is 13.5 Å². The summed E-state index contributed by atoms with van der Waals surface area (Å²) >= 11 is 1.52. The SMILES string of the molecule is CCOCCn1c(=NC(=O)c2ccc(-c3ccccc3)cc2)sc2ccccc21. The molecule has 0 atom stereocenters. The molecule has 0 unspecified atom stereocenters. The van der Waals surface area contributed by atoms with Crippen LogP contribution in [0.15, 0.2) is 83.9 Å². The van der Waals surface area contributed by atoms with Crippen molar-refractivity contribution in [1.82, 2.24) is 4.57 Å². The molecular weight excluding hydrogens is 380 g/mol. The predicted molar refractivity (Wildman–Crippen MR) is 118 cm³/mol. The third kappa shape index (κ3) is 4.36. The summed E-state index contributed by atoms with van der Waals surface area (Å²) in [6, 6.07) is 25.8. The highest BCUT2D eigenvalue weighted by Gasteiger charge is 2.09. The fourth-order valence-electron chi connectivity index (χ4n) is 3.21. The highest BCUT2D eigenvalue weighted by Crippen LogP contribution is 2.20. The summed E-state index contributed by atoms with van der Waals surface area (Å²) in [7, 11) is 0. The number of rotatable bonds is 6. The minimum absolute atomic E-state index is 0.235. The fraction of sp³-hybridized carbons (Fsp3) is 0.167. The van der Waals surface area contributed by atoms with E-state index in [9.17, 15) is 4.79 Å². The van der Waals surface area contributed by atoms with Gasteiger partial charge in [0, 0.05) is 18.7 Å². The van der Waals surface area contributed by atoms with E-state index in [0.717, 1.165) is 21.3 Å². The van der Waals surface area contributed by atoms with E-state index >= 15 is 0 Å². The molecule has 0 aliphatic heterocycles. The number of hydrogen-bond donors (Lipinski definition) is 0. The van der Waals surface area contributed by atoms with Gasteiger partial charge in [-0.3, -0.25) is 4.79 Å². The average Bonchev–Trinajstić information content (AvgIpc) is 3.12. The Kier molecular flexibility index (Phi) is 5.98. The molecule has 29 heavy (non-hydrogen) atoms. The van der Waals surface area contributed by atoms with Crippen molar-refractivity contribution < 1.29 is 9.53 Å². The largest absolute Gasteiger partial charge is 0.380 e. The van der Waals surface area contributed by atoms with E-state index in [0.29, 0.717) is 30.1 Å². The third-order valence-corrected chi connectivity index (χ3v) is 5.75. The van der Waals surface area contributed by atoms with E-state index in [-0.39, 0.29) is 5.91 Å².